The average molecular weight is 331 g/mol. The molecule has 3 aromatic rings. The van der Waals surface area contributed by atoms with Crippen LogP contribution in [0.2, 0.25) is 0 Å². The van der Waals surface area contributed by atoms with Crippen molar-refractivity contribution < 1.29 is 4.74 Å². The number of benzene rings is 3. The van der Waals surface area contributed by atoms with Crippen molar-refractivity contribution in [3.8, 4) is 16.9 Å². The molecule has 0 spiro atoms. The lowest BCUT2D eigenvalue weighted by molar-refractivity contribution is 0.309. The molecule has 2 N–H and O–H groups in total. The van der Waals surface area contributed by atoms with Gasteiger partial charge in [-0.15, -0.1) is 0 Å². The van der Waals surface area contributed by atoms with E-state index in [1.807, 2.05) is 19.1 Å². The Labute approximate surface area is 149 Å². The van der Waals surface area contributed by atoms with Crippen molar-refractivity contribution >= 4 is 22.0 Å². The normalized spacial score (nSPS) is 10.8. The monoisotopic (exact) mass is 331 g/mol. The fourth-order valence-corrected chi connectivity index (χ4v) is 2.91. The number of anilines is 1. The van der Waals surface area contributed by atoms with Gasteiger partial charge < -0.3 is 10.5 Å². The largest absolute Gasteiger partial charge is 0.493 e. The van der Waals surface area contributed by atoms with Gasteiger partial charge in [0.15, 0.2) is 0 Å². The van der Waals surface area contributed by atoms with E-state index in [0.29, 0.717) is 0 Å². The number of unbranched alkanes of at least 4 members (excludes halogenated alkanes) is 1. The molecule has 3 aromatic carbocycles. The highest BCUT2D eigenvalue weighted by atomic mass is 16.5. The van der Waals surface area contributed by atoms with Crippen molar-refractivity contribution in [1.82, 2.24) is 0 Å². The van der Waals surface area contributed by atoms with Crippen LogP contribution >= 0.6 is 0 Å². The summed E-state index contributed by atoms with van der Waals surface area (Å²) in [6.45, 7) is 9.05. The van der Waals surface area contributed by atoms with Gasteiger partial charge in [0, 0.05) is 11.3 Å². The van der Waals surface area contributed by atoms with E-state index in [-0.39, 0.29) is 0 Å². The Morgan fingerprint density at radius 2 is 1.68 bits per heavy atom. The minimum atomic E-state index is 0.742. The molecule has 0 radical (unpaired) electrons. The number of rotatable bonds is 6. The van der Waals surface area contributed by atoms with Crippen molar-refractivity contribution in [3.05, 3.63) is 66.7 Å². The fraction of sp³-hybridized carbons (Fsp3) is 0.217. The van der Waals surface area contributed by atoms with Gasteiger partial charge in [0.2, 0.25) is 0 Å². The number of fused-ring (bicyclic) bond motifs is 1. The Bertz CT molecular complexity index is 894. The summed E-state index contributed by atoms with van der Waals surface area (Å²) in [6.07, 6.45) is 2.19. The van der Waals surface area contributed by atoms with Gasteiger partial charge >= 0.3 is 0 Å². The maximum Gasteiger partial charge on any atom is 0.127 e. The predicted octanol–water partition coefficient (Wildman–Crippen LogP) is 6.30. The lowest BCUT2D eigenvalue weighted by atomic mass is 9.97. The number of ether oxygens (including phenoxy) is 1. The van der Waals surface area contributed by atoms with E-state index in [1.165, 1.54) is 16.3 Å². The van der Waals surface area contributed by atoms with Crippen LogP contribution in [0.15, 0.2) is 61.2 Å². The molecule has 2 heteroatoms. The number of hydrogen-bond donors (Lipinski definition) is 1. The second-order valence-electron chi connectivity index (χ2n) is 6.51. The third-order valence-corrected chi connectivity index (χ3v) is 4.40. The smallest absolute Gasteiger partial charge is 0.127 e. The zero-order chi connectivity index (χ0) is 17.8. The van der Waals surface area contributed by atoms with Crippen molar-refractivity contribution in [2.75, 3.05) is 12.3 Å². The van der Waals surface area contributed by atoms with E-state index in [2.05, 4.69) is 56.0 Å². The maximum atomic E-state index is 6.00. The highest BCUT2D eigenvalue weighted by Crippen LogP contribution is 2.33. The molecule has 3 rings (SSSR count). The zero-order valence-corrected chi connectivity index (χ0v) is 15.0. The molecule has 0 atom stereocenters. The molecule has 0 aliphatic rings. The van der Waals surface area contributed by atoms with Crippen LogP contribution in [0.25, 0.3) is 27.5 Å². The summed E-state index contributed by atoms with van der Waals surface area (Å²) in [6, 6.07) is 18.8. The molecule has 0 aliphatic carbocycles. The standard InChI is InChI=1S/C23H25NO/c1-4-5-12-25-23-15-19-7-6-18(17-8-10-21(24)11-9-17)13-20(19)14-22(23)16(2)3/h6-11,13-15H,2,4-5,12,24H2,1,3H3. The highest BCUT2D eigenvalue weighted by molar-refractivity contribution is 5.92. The Kier molecular flexibility index (Phi) is 5.08. The first-order valence-electron chi connectivity index (χ1n) is 8.81. The lowest BCUT2D eigenvalue weighted by Gasteiger charge is -2.14. The number of allylic oxidation sites excluding steroid dienone is 1. The number of hydrogen-bond acceptors (Lipinski definition) is 2. The van der Waals surface area contributed by atoms with Gasteiger partial charge in [-0.05, 0) is 71.1 Å². The molecule has 0 aliphatic heterocycles. The van der Waals surface area contributed by atoms with Crippen LogP contribution in [0.1, 0.15) is 32.3 Å². The van der Waals surface area contributed by atoms with E-state index in [9.17, 15) is 0 Å². The van der Waals surface area contributed by atoms with E-state index in [4.69, 9.17) is 10.5 Å². The molecule has 128 valence electrons. The highest BCUT2D eigenvalue weighted by Gasteiger charge is 2.09. The van der Waals surface area contributed by atoms with Crippen LogP contribution in [-0.4, -0.2) is 6.61 Å². The molecule has 2 nitrogen and oxygen atoms in total. The average Bonchev–Trinajstić information content (AvgIpc) is 2.61. The molecular formula is C23H25NO. The molecule has 0 fully saturated rings. The minimum Gasteiger partial charge on any atom is -0.493 e. The van der Waals surface area contributed by atoms with Crippen LogP contribution < -0.4 is 10.5 Å². The third-order valence-electron chi connectivity index (χ3n) is 4.40. The quantitative estimate of drug-likeness (QED) is 0.425. The van der Waals surface area contributed by atoms with Gasteiger partial charge in [-0.3, -0.25) is 0 Å². The minimum absolute atomic E-state index is 0.742. The number of nitrogen functional groups attached to an aromatic ring is 1. The first kappa shape index (κ1) is 17.1. The van der Waals surface area contributed by atoms with E-state index in [0.717, 1.165) is 47.6 Å². The Hall–Kier alpha value is -2.74. The van der Waals surface area contributed by atoms with Crippen molar-refractivity contribution in [2.45, 2.75) is 26.7 Å². The zero-order valence-electron chi connectivity index (χ0n) is 15.0. The molecule has 0 unspecified atom stereocenters. The maximum absolute atomic E-state index is 6.00. The van der Waals surface area contributed by atoms with Crippen LogP contribution in [0.3, 0.4) is 0 Å². The molecule has 0 aromatic heterocycles. The van der Waals surface area contributed by atoms with Gasteiger partial charge in [0.05, 0.1) is 6.61 Å². The second kappa shape index (κ2) is 7.43. The summed E-state index contributed by atoms with van der Waals surface area (Å²) in [5.41, 5.74) is 11.0. The summed E-state index contributed by atoms with van der Waals surface area (Å²) >= 11 is 0. The summed E-state index contributed by atoms with van der Waals surface area (Å²) < 4.78 is 6.00. The predicted molar refractivity (Wildman–Crippen MR) is 109 cm³/mol. The van der Waals surface area contributed by atoms with Crippen molar-refractivity contribution in [3.63, 3.8) is 0 Å². The molecule has 0 bridgehead atoms. The second-order valence-corrected chi connectivity index (χ2v) is 6.51. The number of nitrogens with two attached hydrogens (primary N) is 1. The summed E-state index contributed by atoms with van der Waals surface area (Å²) in [5, 5.41) is 2.37. The lowest BCUT2D eigenvalue weighted by Crippen LogP contribution is -1.99. The Balaban J connectivity index is 2.03. The summed E-state index contributed by atoms with van der Waals surface area (Å²) in [4.78, 5) is 0. The van der Waals surface area contributed by atoms with E-state index < -0.39 is 0 Å². The molecule has 25 heavy (non-hydrogen) atoms. The molecular weight excluding hydrogens is 306 g/mol. The van der Waals surface area contributed by atoms with Crippen LogP contribution in [-0.2, 0) is 0 Å². The molecule has 0 heterocycles. The topological polar surface area (TPSA) is 35.2 Å². The molecule has 0 saturated heterocycles. The van der Waals surface area contributed by atoms with Gasteiger partial charge in [0.1, 0.15) is 5.75 Å². The van der Waals surface area contributed by atoms with Gasteiger partial charge in [-0.2, -0.15) is 0 Å². The molecule has 0 amide bonds. The van der Waals surface area contributed by atoms with Gasteiger partial charge in [-0.25, -0.2) is 0 Å². The van der Waals surface area contributed by atoms with Crippen molar-refractivity contribution in [2.24, 2.45) is 0 Å². The van der Waals surface area contributed by atoms with E-state index >= 15 is 0 Å². The summed E-state index contributed by atoms with van der Waals surface area (Å²) in [7, 11) is 0. The summed E-state index contributed by atoms with van der Waals surface area (Å²) in [5.74, 6) is 0.925. The van der Waals surface area contributed by atoms with Gasteiger partial charge in [-0.1, -0.05) is 44.2 Å². The Morgan fingerprint density at radius 3 is 2.36 bits per heavy atom. The van der Waals surface area contributed by atoms with Crippen LogP contribution in [0.4, 0.5) is 5.69 Å². The first-order chi connectivity index (χ1) is 12.1. The van der Waals surface area contributed by atoms with Crippen LogP contribution in [0, 0.1) is 0 Å². The SMILES string of the molecule is C=C(C)c1cc2cc(-c3ccc(N)cc3)ccc2cc1OCCCC. The Morgan fingerprint density at radius 1 is 0.960 bits per heavy atom. The van der Waals surface area contributed by atoms with Crippen LogP contribution in [0.5, 0.6) is 5.75 Å². The fourth-order valence-electron chi connectivity index (χ4n) is 2.91. The molecule has 0 saturated carbocycles. The third kappa shape index (κ3) is 3.85. The van der Waals surface area contributed by atoms with Crippen molar-refractivity contribution in [1.29, 1.82) is 0 Å². The van der Waals surface area contributed by atoms with E-state index in [1.54, 1.807) is 0 Å². The van der Waals surface area contributed by atoms with Gasteiger partial charge in [0.25, 0.3) is 0 Å². The first-order valence-corrected chi connectivity index (χ1v) is 8.81.